The van der Waals surface area contributed by atoms with E-state index in [1.54, 1.807) is 0 Å². The Morgan fingerprint density at radius 1 is 0.594 bits per heavy atom. The number of nitrogens with zero attached hydrogens (tertiary/aromatic N) is 3. The van der Waals surface area contributed by atoms with Crippen molar-refractivity contribution in [2.45, 2.75) is 48.4 Å². The summed E-state index contributed by atoms with van der Waals surface area (Å²) in [5.41, 5.74) is 17.3. The van der Waals surface area contributed by atoms with Crippen LogP contribution in [0, 0.1) is 0 Å². The second-order valence-electron chi connectivity index (χ2n) is 17.6. The van der Waals surface area contributed by atoms with E-state index in [0.29, 0.717) is 5.84 Å². The molecule has 308 valence electrons. The Balaban J connectivity index is 1.05. The normalized spacial score (nSPS) is 19.7. The number of benzene rings is 7. The van der Waals surface area contributed by atoms with Crippen LogP contribution in [0.15, 0.2) is 209 Å². The summed E-state index contributed by atoms with van der Waals surface area (Å²) in [4.78, 5) is 12.3. The molecule has 0 fully saturated rings. The summed E-state index contributed by atoms with van der Waals surface area (Å²) in [5, 5.41) is 5.07. The van der Waals surface area contributed by atoms with Gasteiger partial charge in [-0.2, -0.15) is 0 Å². The standard InChI is InChI=1S/C59H46N4S/c1-58-38-54-50(47-29-15-16-32-53(47)63(54)45-27-13-6-14-28-45)37-52(58)49-31-18-30-48(55(49)64-58)46-34-33-43(42-24-17-23-41(35-42)39-19-7-3-8-20-39)36-51(46)57-60-56(40-21-9-4-10-22-40)61-59(2,62-57)44-25-11-5-12-26-44/h3-5,7-13,15-37H,6,14,38H2,1-2H3,(H,60,61,62). The van der Waals surface area contributed by atoms with Gasteiger partial charge < -0.3 is 9.88 Å². The van der Waals surface area contributed by atoms with Gasteiger partial charge in [0.1, 0.15) is 5.84 Å². The number of hydrogen-bond donors (Lipinski definition) is 1. The van der Waals surface area contributed by atoms with Gasteiger partial charge in [-0.1, -0.05) is 170 Å². The number of thioether (sulfide) groups is 1. The lowest BCUT2D eigenvalue weighted by Gasteiger charge is -2.33. The van der Waals surface area contributed by atoms with Gasteiger partial charge in [0.2, 0.25) is 0 Å². The minimum atomic E-state index is -0.776. The summed E-state index contributed by atoms with van der Waals surface area (Å²) < 4.78 is 2.37. The Kier molecular flexibility index (Phi) is 9.17. The molecule has 2 aliphatic carbocycles. The molecule has 2 unspecified atom stereocenters. The minimum Gasteiger partial charge on any atom is -0.342 e. The average molecular weight is 843 g/mol. The number of rotatable bonds is 7. The maximum atomic E-state index is 5.58. The largest absolute Gasteiger partial charge is 0.342 e. The van der Waals surface area contributed by atoms with E-state index >= 15 is 0 Å². The van der Waals surface area contributed by atoms with Gasteiger partial charge in [-0.3, -0.25) is 0 Å². The van der Waals surface area contributed by atoms with Crippen LogP contribution in [0.5, 0.6) is 0 Å². The highest BCUT2D eigenvalue weighted by molar-refractivity contribution is 8.01. The topological polar surface area (TPSA) is 41.7 Å². The molecule has 64 heavy (non-hydrogen) atoms. The van der Waals surface area contributed by atoms with Gasteiger partial charge in [0.25, 0.3) is 0 Å². The van der Waals surface area contributed by atoms with Crippen LogP contribution in [0.2, 0.25) is 0 Å². The molecule has 2 atom stereocenters. The summed E-state index contributed by atoms with van der Waals surface area (Å²) in [6, 6.07) is 63.2. The molecular formula is C59H46N4S. The molecule has 0 saturated heterocycles. The lowest BCUT2D eigenvalue weighted by Crippen LogP contribution is -2.46. The molecular weight excluding hydrogens is 797 g/mol. The number of amidine groups is 2. The van der Waals surface area contributed by atoms with Crippen molar-refractivity contribution < 1.29 is 0 Å². The molecule has 0 amide bonds. The number of hydrogen-bond acceptors (Lipinski definition) is 4. The van der Waals surface area contributed by atoms with Crippen molar-refractivity contribution in [3.8, 4) is 33.4 Å². The predicted octanol–water partition coefficient (Wildman–Crippen LogP) is 14.5. The number of para-hydroxylation sites is 1. The molecule has 0 bridgehead atoms. The van der Waals surface area contributed by atoms with E-state index < -0.39 is 5.66 Å². The Morgan fingerprint density at radius 2 is 1.27 bits per heavy atom. The van der Waals surface area contributed by atoms with Crippen molar-refractivity contribution in [2.75, 3.05) is 0 Å². The molecule has 4 nitrogen and oxygen atoms in total. The smallest absolute Gasteiger partial charge is 0.160 e. The van der Waals surface area contributed by atoms with Gasteiger partial charge in [-0.25, -0.2) is 9.98 Å². The Labute approximate surface area is 379 Å². The van der Waals surface area contributed by atoms with Crippen LogP contribution >= 0.6 is 11.8 Å². The summed E-state index contributed by atoms with van der Waals surface area (Å²) in [6.45, 7) is 4.61. The van der Waals surface area contributed by atoms with Crippen LogP contribution in [0.4, 0.5) is 0 Å². The van der Waals surface area contributed by atoms with Gasteiger partial charge in [-0.05, 0) is 107 Å². The molecule has 8 aromatic rings. The summed E-state index contributed by atoms with van der Waals surface area (Å²) >= 11 is 2.02. The van der Waals surface area contributed by atoms with Crippen LogP contribution < -0.4 is 5.32 Å². The fraction of sp³-hybridized carbons (Fsp3) is 0.119. The van der Waals surface area contributed by atoms with Crippen molar-refractivity contribution in [1.82, 2.24) is 9.88 Å². The second kappa shape index (κ2) is 15.3. The number of fused-ring (bicyclic) bond motifs is 6. The SMILES string of the molecule is CC12Cc3c(c4ccccc4n3C3=CCCC=C3)C=C1c1cccc(-c3ccc(-c4cccc(-c5ccccc5)c4)cc3C3=NC(C)(c4ccccc4)NC(c4ccccc4)=N3)c1S2. The molecule has 1 aromatic heterocycles. The molecule has 4 aliphatic rings. The molecule has 0 radical (unpaired) electrons. The zero-order valence-electron chi connectivity index (χ0n) is 35.9. The molecule has 0 saturated carbocycles. The average Bonchev–Trinajstić information content (AvgIpc) is 3.84. The van der Waals surface area contributed by atoms with Crippen LogP contribution in [-0.4, -0.2) is 21.0 Å². The molecule has 5 heteroatoms. The van der Waals surface area contributed by atoms with Crippen molar-refractivity contribution in [2.24, 2.45) is 9.98 Å². The molecule has 2 aliphatic heterocycles. The maximum absolute atomic E-state index is 5.58. The Bertz CT molecular complexity index is 3320. The van der Waals surface area contributed by atoms with Crippen molar-refractivity contribution in [3.05, 3.63) is 228 Å². The van der Waals surface area contributed by atoms with E-state index in [1.165, 1.54) is 60.6 Å². The summed E-state index contributed by atoms with van der Waals surface area (Å²) in [7, 11) is 0. The fourth-order valence-electron chi connectivity index (χ4n) is 10.2. The molecule has 12 rings (SSSR count). The molecule has 1 N–H and O–H groups in total. The number of allylic oxidation sites excluding steroid dienone is 4. The third-order valence-electron chi connectivity index (χ3n) is 13.4. The van der Waals surface area contributed by atoms with E-state index in [4.69, 9.17) is 9.98 Å². The van der Waals surface area contributed by atoms with Gasteiger partial charge in [0.05, 0.1) is 5.52 Å². The number of aromatic nitrogens is 1. The van der Waals surface area contributed by atoms with Crippen LogP contribution in [0.3, 0.4) is 0 Å². The number of aliphatic imine (C=N–C) groups is 2. The Morgan fingerprint density at radius 3 is 2.05 bits per heavy atom. The minimum absolute atomic E-state index is 0.161. The Hall–Kier alpha value is -7.21. The lowest BCUT2D eigenvalue weighted by atomic mass is 9.82. The van der Waals surface area contributed by atoms with E-state index in [9.17, 15) is 0 Å². The van der Waals surface area contributed by atoms with Crippen molar-refractivity contribution in [1.29, 1.82) is 0 Å². The zero-order chi connectivity index (χ0) is 42.8. The first kappa shape index (κ1) is 38.5. The first-order chi connectivity index (χ1) is 31.4. The van der Waals surface area contributed by atoms with Gasteiger partial charge in [0.15, 0.2) is 11.5 Å². The quantitative estimate of drug-likeness (QED) is 0.174. The highest BCUT2D eigenvalue weighted by Crippen LogP contribution is 2.60. The van der Waals surface area contributed by atoms with Crippen LogP contribution in [0.25, 0.3) is 61.6 Å². The highest BCUT2D eigenvalue weighted by Gasteiger charge is 2.45. The van der Waals surface area contributed by atoms with E-state index in [-0.39, 0.29) is 4.75 Å². The van der Waals surface area contributed by atoms with Gasteiger partial charge in [-0.15, -0.1) is 11.8 Å². The molecule has 3 heterocycles. The predicted molar refractivity (Wildman–Crippen MR) is 270 cm³/mol. The lowest BCUT2D eigenvalue weighted by molar-refractivity contribution is 0.455. The summed E-state index contributed by atoms with van der Waals surface area (Å²) in [6.07, 6.45) is 12.6. The number of nitrogens with one attached hydrogen (secondary N) is 1. The van der Waals surface area contributed by atoms with E-state index in [2.05, 4.69) is 224 Å². The third kappa shape index (κ3) is 6.45. The van der Waals surface area contributed by atoms with Crippen LogP contribution in [-0.2, 0) is 12.1 Å². The van der Waals surface area contributed by atoms with Crippen LogP contribution in [0.1, 0.15) is 60.2 Å². The van der Waals surface area contributed by atoms with Crippen molar-refractivity contribution in [3.63, 3.8) is 0 Å². The molecule has 0 spiro atoms. The fourth-order valence-corrected chi connectivity index (χ4v) is 11.7. The third-order valence-corrected chi connectivity index (χ3v) is 14.8. The highest BCUT2D eigenvalue weighted by atomic mass is 32.2. The summed E-state index contributed by atoms with van der Waals surface area (Å²) in [5.74, 6) is 1.49. The van der Waals surface area contributed by atoms with Gasteiger partial charge >= 0.3 is 0 Å². The van der Waals surface area contributed by atoms with E-state index in [1.807, 2.05) is 11.8 Å². The monoisotopic (exact) mass is 842 g/mol. The molecule has 7 aromatic carbocycles. The zero-order valence-corrected chi connectivity index (χ0v) is 36.7. The van der Waals surface area contributed by atoms with E-state index in [0.717, 1.165) is 58.5 Å². The maximum Gasteiger partial charge on any atom is 0.160 e. The first-order valence-corrected chi connectivity index (χ1v) is 23.2. The van der Waals surface area contributed by atoms with Crippen molar-refractivity contribution >= 4 is 51.7 Å². The van der Waals surface area contributed by atoms with Gasteiger partial charge in [0, 0.05) is 49.5 Å². The first-order valence-electron chi connectivity index (χ1n) is 22.3. The second-order valence-corrected chi connectivity index (χ2v) is 19.1.